The topological polar surface area (TPSA) is 56.1 Å². The van der Waals surface area contributed by atoms with Gasteiger partial charge in [0.15, 0.2) is 0 Å². The highest BCUT2D eigenvalue weighted by Gasteiger charge is 2.32. The molecule has 23 heavy (non-hydrogen) atoms. The summed E-state index contributed by atoms with van der Waals surface area (Å²) in [6.45, 7) is 6.37. The minimum atomic E-state index is 0.343. The van der Waals surface area contributed by atoms with Crippen LogP contribution in [0, 0.1) is 5.92 Å². The Morgan fingerprint density at radius 3 is 3.00 bits per heavy atom. The lowest BCUT2D eigenvalue weighted by molar-refractivity contribution is 0.129. The summed E-state index contributed by atoms with van der Waals surface area (Å²) in [6, 6.07) is 1.97. The van der Waals surface area contributed by atoms with Gasteiger partial charge in [-0.25, -0.2) is 9.97 Å². The van der Waals surface area contributed by atoms with Crippen molar-refractivity contribution in [3.05, 3.63) is 36.0 Å². The van der Waals surface area contributed by atoms with Crippen LogP contribution in [0.2, 0.25) is 0 Å². The van der Waals surface area contributed by atoms with Crippen molar-refractivity contribution in [2.75, 3.05) is 24.7 Å². The summed E-state index contributed by atoms with van der Waals surface area (Å²) in [4.78, 5) is 10.7. The maximum Gasteiger partial charge on any atom is 0.132 e. The second-order valence-corrected chi connectivity index (χ2v) is 6.49. The third-order valence-electron chi connectivity index (χ3n) is 4.69. The number of aromatic nitrogens is 4. The van der Waals surface area contributed by atoms with E-state index in [1.54, 1.807) is 12.5 Å². The molecule has 0 spiro atoms. The van der Waals surface area contributed by atoms with Gasteiger partial charge in [0.2, 0.25) is 0 Å². The Morgan fingerprint density at radius 1 is 1.35 bits per heavy atom. The first-order valence-electron chi connectivity index (χ1n) is 8.48. The zero-order valence-electron chi connectivity index (χ0n) is 13.6. The number of hydrogen-bond donors (Lipinski definition) is 0. The third kappa shape index (κ3) is 3.08. The van der Waals surface area contributed by atoms with Crippen molar-refractivity contribution in [2.24, 2.45) is 5.92 Å². The Kier molecular flexibility index (Phi) is 3.99. The van der Waals surface area contributed by atoms with Gasteiger partial charge in [-0.3, -0.25) is 4.68 Å². The van der Waals surface area contributed by atoms with Crippen molar-refractivity contribution in [2.45, 2.75) is 38.8 Å². The molecule has 1 fully saturated rings. The smallest absolute Gasteiger partial charge is 0.132 e. The van der Waals surface area contributed by atoms with E-state index >= 15 is 0 Å². The summed E-state index contributed by atoms with van der Waals surface area (Å²) < 4.78 is 7.99. The fraction of sp³-hybridized carbons (Fsp3) is 0.588. The first-order chi connectivity index (χ1) is 11.3. The van der Waals surface area contributed by atoms with Crippen LogP contribution >= 0.6 is 0 Å². The molecule has 1 atom stereocenters. The summed E-state index contributed by atoms with van der Waals surface area (Å²) in [5.41, 5.74) is 2.68. The first-order valence-corrected chi connectivity index (χ1v) is 8.48. The molecule has 0 saturated heterocycles. The molecule has 0 aromatic carbocycles. The van der Waals surface area contributed by atoms with Gasteiger partial charge in [0.05, 0.1) is 18.5 Å². The fourth-order valence-corrected chi connectivity index (χ4v) is 3.38. The van der Waals surface area contributed by atoms with Crippen LogP contribution in [0.3, 0.4) is 0 Å². The Balaban J connectivity index is 1.61. The maximum absolute atomic E-state index is 5.76. The summed E-state index contributed by atoms with van der Waals surface area (Å²) >= 11 is 0. The molecule has 2 aromatic rings. The van der Waals surface area contributed by atoms with Crippen molar-refractivity contribution in [1.29, 1.82) is 0 Å². The summed E-state index contributed by atoms with van der Waals surface area (Å²) in [6.07, 6.45) is 8.13. The minimum absolute atomic E-state index is 0.343. The predicted octanol–water partition coefficient (Wildman–Crippen LogP) is 2.22. The fourth-order valence-electron chi connectivity index (χ4n) is 3.38. The average Bonchev–Trinajstić information content (AvgIpc) is 3.32. The highest BCUT2D eigenvalue weighted by atomic mass is 16.5. The Labute approximate surface area is 136 Å². The van der Waals surface area contributed by atoms with Crippen LogP contribution in [0.5, 0.6) is 0 Å². The van der Waals surface area contributed by atoms with Gasteiger partial charge >= 0.3 is 0 Å². The summed E-state index contributed by atoms with van der Waals surface area (Å²) in [5, 5.41) is 4.67. The van der Waals surface area contributed by atoms with Gasteiger partial charge < -0.3 is 9.64 Å². The van der Waals surface area contributed by atoms with Crippen LogP contribution in [-0.2, 0) is 17.8 Å². The van der Waals surface area contributed by atoms with E-state index in [-0.39, 0.29) is 0 Å². The van der Waals surface area contributed by atoms with Crippen molar-refractivity contribution in [3.8, 4) is 0 Å². The number of rotatable bonds is 6. The molecule has 2 aliphatic rings. The lowest BCUT2D eigenvalue weighted by Gasteiger charge is -2.34. The van der Waals surface area contributed by atoms with Crippen molar-refractivity contribution < 1.29 is 4.74 Å². The molecule has 0 radical (unpaired) electrons. The molecule has 1 aliphatic heterocycles. The predicted molar refractivity (Wildman–Crippen MR) is 87.3 cm³/mol. The monoisotopic (exact) mass is 313 g/mol. The zero-order valence-corrected chi connectivity index (χ0v) is 13.6. The van der Waals surface area contributed by atoms with Gasteiger partial charge in [0.1, 0.15) is 12.1 Å². The molecule has 3 heterocycles. The lowest BCUT2D eigenvalue weighted by Crippen LogP contribution is -2.37. The number of anilines is 1. The number of ether oxygens (including phenoxy) is 1. The molecule has 6 nitrogen and oxygen atoms in total. The van der Waals surface area contributed by atoms with Crippen LogP contribution in [0.1, 0.15) is 36.9 Å². The van der Waals surface area contributed by atoms with Crippen molar-refractivity contribution >= 4 is 5.82 Å². The SMILES string of the molecule is CCOC[C@H]1CN(c2ccncn2)Cc2cnn(CC3CC3)c21. The van der Waals surface area contributed by atoms with Crippen molar-refractivity contribution in [3.63, 3.8) is 0 Å². The zero-order chi connectivity index (χ0) is 15.6. The molecule has 4 rings (SSSR count). The van der Waals surface area contributed by atoms with Gasteiger partial charge in [-0.1, -0.05) is 0 Å². The van der Waals surface area contributed by atoms with Gasteiger partial charge in [0, 0.05) is 43.9 Å². The average molecular weight is 313 g/mol. The van der Waals surface area contributed by atoms with Gasteiger partial charge in [-0.15, -0.1) is 0 Å². The van der Waals surface area contributed by atoms with Crippen LogP contribution in [0.25, 0.3) is 0 Å². The summed E-state index contributed by atoms with van der Waals surface area (Å²) in [5.74, 6) is 2.14. The molecule has 0 N–H and O–H groups in total. The van der Waals surface area contributed by atoms with Crippen LogP contribution in [-0.4, -0.2) is 39.5 Å². The number of nitrogens with zero attached hydrogens (tertiary/aromatic N) is 5. The molecule has 122 valence electrons. The van der Waals surface area contributed by atoms with E-state index in [1.807, 2.05) is 19.2 Å². The van der Waals surface area contributed by atoms with Crippen molar-refractivity contribution in [1.82, 2.24) is 19.7 Å². The van der Waals surface area contributed by atoms with Gasteiger partial charge in [-0.05, 0) is 31.7 Å². The highest BCUT2D eigenvalue weighted by Crippen LogP contribution is 2.35. The van der Waals surface area contributed by atoms with E-state index in [9.17, 15) is 0 Å². The molecular formula is C17H23N5O. The lowest BCUT2D eigenvalue weighted by atomic mass is 9.96. The second kappa shape index (κ2) is 6.28. The molecule has 6 heteroatoms. The molecule has 1 aliphatic carbocycles. The molecule has 1 saturated carbocycles. The van der Waals surface area contributed by atoms with E-state index in [1.165, 1.54) is 24.1 Å². The molecular weight excluding hydrogens is 290 g/mol. The third-order valence-corrected chi connectivity index (χ3v) is 4.69. The van der Waals surface area contributed by atoms with Gasteiger partial charge in [0.25, 0.3) is 0 Å². The largest absolute Gasteiger partial charge is 0.381 e. The van der Waals surface area contributed by atoms with E-state index in [0.29, 0.717) is 5.92 Å². The maximum atomic E-state index is 5.76. The quantitative estimate of drug-likeness (QED) is 0.818. The van der Waals surface area contributed by atoms with Crippen LogP contribution in [0.4, 0.5) is 5.82 Å². The first kappa shape index (κ1) is 14.6. The minimum Gasteiger partial charge on any atom is -0.381 e. The Morgan fingerprint density at radius 2 is 2.26 bits per heavy atom. The number of hydrogen-bond acceptors (Lipinski definition) is 5. The Hall–Kier alpha value is -1.95. The van der Waals surface area contributed by atoms with E-state index in [2.05, 4.69) is 24.6 Å². The molecule has 0 bridgehead atoms. The highest BCUT2D eigenvalue weighted by molar-refractivity contribution is 5.43. The second-order valence-electron chi connectivity index (χ2n) is 6.49. The van der Waals surface area contributed by atoms with Gasteiger partial charge in [-0.2, -0.15) is 5.10 Å². The molecule has 0 amide bonds. The molecule has 2 aromatic heterocycles. The van der Waals surface area contributed by atoms with E-state index in [4.69, 9.17) is 4.74 Å². The standard InChI is InChI=1S/C17H23N5O/c1-2-23-11-15-10-21(16-5-6-18-12-19-16)9-14-7-20-22(17(14)15)8-13-3-4-13/h5-7,12-13,15H,2-4,8-11H2,1H3/t15-/m1/s1. The van der Waals surface area contributed by atoms with Crippen LogP contribution < -0.4 is 4.90 Å². The summed E-state index contributed by atoms with van der Waals surface area (Å²) in [7, 11) is 0. The van der Waals surface area contributed by atoms with E-state index in [0.717, 1.165) is 44.6 Å². The Bertz CT molecular complexity index is 652. The van der Waals surface area contributed by atoms with Crippen LogP contribution in [0.15, 0.2) is 24.8 Å². The van der Waals surface area contributed by atoms with E-state index < -0.39 is 0 Å². The number of fused-ring (bicyclic) bond motifs is 1. The molecule has 0 unspecified atom stereocenters. The normalized spacial score (nSPS) is 20.6.